The highest BCUT2D eigenvalue weighted by Gasteiger charge is 2.97. The number of aliphatic hydroxyl groups is 4. The quantitative estimate of drug-likeness (QED) is 0.0159. The van der Waals surface area contributed by atoms with Gasteiger partial charge in [0.15, 0.2) is 11.9 Å². The average Bonchev–Trinajstić information content (AvgIpc) is 0.715. The molecule has 0 amide bonds. The van der Waals surface area contributed by atoms with Gasteiger partial charge in [0.1, 0.15) is 18.3 Å². The second-order valence-electron chi connectivity index (χ2n) is 18.6. The molecule has 0 aliphatic rings. The number of unbranched alkanes of at least 4 members (excludes halogenated alkanes) is 13. The molecule has 5 atom stereocenters. The first kappa shape index (κ1) is 79.1. The van der Waals surface area contributed by atoms with E-state index in [1.165, 1.54) is 0 Å². The van der Waals surface area contributed by atoms with Crippen LogP contribution in [0.5, 0.6) is 0 Å². The van der Waals surface area contributed by atoms with Crippen molar-refractivity contribution in [3.63, 3.8) is 0 Å². The summed E-state index contributed by atoms with van der Waals surface area (Å²) in [4.78, 5) is 24.3. The summed E-state index contributed by atoms with van der Waals surface area (Å²) in [5.74, 6) is -118. The number of allylic oxidation sites excluding steroid dienone is 2. The summed E-state index contributed by atoms with van der Waals surface area (Å²) in [6.07, 6.45) is -33.5. The highest BCUT2D eigenvalue weighted by atomic mass is 19.4. The van der Waals surface area contributed by atoms with Gasteiger partial charge in [0, 0.05) is 14.2 Å². The minimum atomic E-state index is -8.80. The summed E-state index contributed by atoms with van der Waals surface area (Å²) in [6, 6.07) is 0. The van der Waals surface area contributed by atoms with E-state index in [1.807, 2.05) is 0 Å². The molecule has 0 saturated carbocycles. The van der Waals surface area contributed by atoms with Crippen LogP contribution in [0.2, 0.25) is 0 Å². The number of aliphatic hydroxyl groups excluding tert-OH is 4. The van der Waals surface area contributed by atoms with Crippen molar-refractivity contribution in [2.75, 3.05) is 0 Å². The minimum absolute atomic E-state index is 0.0171. The van der Waals surface area contributed by atoms with Crippen LogP contribution in [-0.4, -0.2) is 152 Å². The van der Waals surface area contributed by atoms with Crippen molar-refractivity contribution in [1.82, 2.24) is 0 Å². The molecule has 0 aromatic carbocycles. The third-order valence-electron chi connectivity index (χ3n) is 12.2. The maximum absolute atomic E-state index is 14.3. The summed E-state index contributed by atoms with van der Waals surface area (Å²) >= 11 is 0. The van der Waals surface area contributed by atoms with Crippen molar-refractivity contribution >= 4 is 11.8 Å². The molecule has 0 bridgehead atoms. The van der Waals surface area contributed by atoms with E-state index in [0.29, 0.717) is 12.3 Å². The Hall–Kier alpha value is -3.92. The summed E-state index contributed by atoms with van der Waals surface area (Å²) in [5.41, 5.74) is 0. The third kappa shape index (κ3) is 16.3. The van der Waals surface area contributed by atoms with Crippen LogP contribution in [0.25, 0.3) is 0 Å². The van der Waals surface area contributed by atoms with Crippen LogP contribution in [-0.2, 0) is 14.3 Å². The molecule has 41 heteroatoms. The second-order valence-corrected chi connectivity index (χ2v) is 18.6. The Morgan fingerprint density at radius 2 is 0.612 bits per heavy atom. The molecule has 4 N–H and O–H groups in total. The molecule has 85 heavy (non-hydrogen) atoms. The van der Waals surface area contributed by atoms with Crippen LogP contribution >= 0.6 is 0 Å². The number of hydrogen-bond acceptors (Lipinski definition) is 7. The largest absolute Gasteiger partial charge is 0.460 e. The lowest BCUT2D eigenvalue weighted by molar-refractivity contribution is -0.461. The van der Waals surface area contributed by atoms with Gasteiger partial charge in [0.2, 0.25) is 0 Å². The number of hydrogen-bond donors (Lipinski definition) is 4. The normalized spacial score (nSPS) is 17.3. The molecule has 0 saturated heterocycles. The number of alkyl halides is 34. The summed E-state index contributed by atoms with van der Waals surface area (Å²) < 4.78 is 469. The Bertz CT molecular complexity index is 2210. The van der Waals surface area contributed by atoms with Gasteiger partial charge in [0.05, 0.1) is 6.26 Å². The number of rotatable bonds is 39. The van der Waals surface area contributed by atoms with Gasteiger partial charge in [0.25, 0.3) is 0 Å². The number of ether oxygens (including phenoxy) is 1. The van der Waals surface area contributed by atoms with E-state index in [0.717, 1.165) is 12.2 Å². The number of carbonyl (C=O) groups excluding carboxylic acids is 2. The molecule has 0 rings (SSSR count). The van der Waals surface area contributed by atoms with Gasteiger partial charge in [-0.15, -0.1) is 0 Å². The Labute approximate surface area is 457 Å². The average molecular weight is 1340 g/mol. The Morgan fingerprint density at radius 3 is 0.965 bits per heavy atom. The summed E-state index contributed by atoms with van der Waals surface area (Å²) in [6.45, 7) is 0. The smallest absolute Gasteiger partial charge is 0.433 e. The molecular formula is C44H48F34O7. The van der Waals surface area contributed by atoms with Gasteiger partial charge in [-0.2, -0.15) is 149 Å². The maximum atomic E-state index is 14.3. The lowest BCUT2D eigenvalue weighted by Gasteiger charge is -2.42. The van der Waals surface area contributed by atoms with Gasteiger partial charge in [-0.25, -0.2) is 4.79 Å². The van der Waals surface area contributed by atoms with Crippen molar-refractivity contribution < 1.29 is 185 Å². The van der Waals surface area contributed by atoms with E-state index in [9.17, 15) is 179 Å². The van der Waals surface area contributed by atoms with Gasteiger partial charge in [-0.3, -0.25) is 4.79 Å². The molecule has 0 aromatic heterocycles. The topological polar surface area (TPSA) is 124 Å². The van der Waals surface area contributed by atoms with Crippen LogP contribution in [0.3, 0.4) is 0 Å². The van der Waals surface area contributed by atoms with Gasteiger partial charge in [-0.1, -0.05) is 70.3 Å². The van der Waals surface area contributed by atoms with Gasteiger partial charge < -0.3 is 25.2 Å². The molecular weight excluding hydrogens is 1290 g/mol. The number of carbonyl (C=O) groups is 2. The first-order valence-corrected chi connectivity index (χ1v) is 23.7. The Morgan fingerprint density at radius 1 is 0.341 bits per heavy atom. The molecule has 7 nitrogen and oxygen atoms in total. The molecule has 0 fully saturated rings. The predicted molar refractivity (Wildman–Crippen MR) is 218 cm³/mol. The lowest BCUT2D eigenvalue weighted by Crippen LogP contribution is -2.74. The zero-order chi connectivity index (χ0) is 68.6. The third-order valence-corrected chi connectivity index (χ3v) is 12.2. The Balaban J connectivity index is 4.91. The number of halogens is 34. The maximum Gasteiger partial charge on any atom is 0.460 e. The monoisotopic (exact) mass is 1340 g/mol. The number of esters is 1. The summed E-state index contributed by atoms with van der Waals surface area (Å²) in [7, 11) is 0. The Kier molecular flexibility index (Phi) is 26.3. The fraction of sp³-hybridized carbons (Fsp3) is 0.864. The van der Waals surface area contributed by atoms with E-state index in [2.05, 4.69) is 4.74 Å². The zero-order valence-electron chi connectivity index (χ0n) is 43.1. The van der Waals surface area contributed by atoms with Crippen molar-refractivity contribution in [2.45, 2.75) is 235 Å². The van der Waals surface area contributed by atoms with Crippen molar-refractivity contribution in [2.24, 2.45) is 0 Å². The van der Waals surface area contributed by atoms with Crippen LogP contribution in [0, 0.1) is 0 Å². The van der Waals surface area contributed by atoms with Crippen molar-refractivity contribution in [3.8, 4) is 0 Å². The van der Waals surface area contributed by atoms with Crippen LogP contribution in [0.15, 0.2) is 24.5 Å². The van der Waals surface area contributed by atoms with E-state index >= 15 is 0 Å². The molecule has 0 aromatic rings. The number of ketones is 1. The fourth-order valence-corrected chi connectivity index (χ4v) is 6.78. The molecule has 0 spiro atoms. The van der Waals surface area contributed by atoms with E-state index < -0.39 is 170 Å². The van der Waals surface area contributed by atoms with Crippen molar-refractivity contribution in [1.29, 1.82) is 0 Å². The molecule has 504 valence electrons. The highest BCUT2D eigenvalue weighted by Crippen LogP contribution is 2.66. The van der Waals surface area contributed by atoms with E-state index in [4.69, 9.17) is 1.37 Å². The van der Waals surface area contributed by atoms with E-state index in [1.54, 1.807) is 0 Å². The molecule has 0 aliphatic heterocycles. The first-order valence-electron chi connectivity index (χ1n) is 24.3. The lowest BCUT2D eigenvalue weighted by atomic mass is 9.87. The van der Waals surface area contributed by atoms with Crippen LogP contribution < -0.4 is 0 Å². The molecule has 0 radical (unpaired) electrons. The standard InChI is InChI=1S/C44H48F34O7/c45-29(46,31(49,50)33(53,54)35(57,58)37(61,62)39(65,66)41(69,70)43(73,74)75)20-16-12-8-4-1-3-7-11-15-19-23(79)24(80)25(81)26(82)27(83)28(84)85-22-18-14-10-6-2-5-9-13-17-21-30(47,48)32(51,52)34(55,56)36(59,60)38(63,64)40(67,68)42(71,72)44(76,77)78/h15,18-19,22,24-27,80-83H,1-14,16-17,20-21H2/t24-,25+,26+,27-/m0/s1/i20D/t20?,24-,25+,26+,27-. The molecule has 0 aliphatic carbocycles. The first-order chi connectivity index (χ1) is 38.1. The van der Waals surface area contributed by atoms with Crippen LogP contribution in [0.1, 0.15) is 117 Å². The predicted octanol–water partition coefficient (Wildman–Crippen LogP) is 15.7. The van der Waals surface area contributed by atoms with Crippen molar-refractivity contribution in [3.05, 3.63) is 24.5 Å². The molecule has 1 unspecified atom stereocenters. The minimum Gasteiger partial charge on any atom is -0.433 e. The van der Waals surface area contributed by atoms with Gasteiger partial charge in [-0.05, 0) is 50.7 Å². The summed E-state index contributed by atoms with van der Waals surface area (Å²) in [5, 5.41) is 40.1. The highest BCUT2D eigenvalue weighted by molar-refractivity contribution is 5.94. The second kappa shape index (κ2) is 28.3. The molecule has 0 heterocycles. The van der Waals surface area contributed by atoms with Crippen LogP contribution in [0.4, 0.5) is 149 Å². The van der Waals surface area contributed by atoms with E-state index in [-0.39, 0.29) is 77.0 Å². The van der Waals surface area contributed by atoms with Gasteiger partial charge >= 0.3 is 101 Å². The zero-order valence-corrected chi connectivity index (χ0v) is 42.1. The fourth-order valence-electron chi connectivity index (χ4n) is 6.78. The SMILES string of the molecule is [2H]C(CCCCCCCCC=CC(=O)[C@H](O)[C@@H](O)[C@@H](O)[C@H](O)C(=O)OC=CCCCCCCCCCC(F)(F)C(F)(F)C(F)(F)C(F)(F)C(F)(F)C(F)(F)C(F)(F)C(F)(F)F)C(F)(F)C(F)(F)C(F)(F)C(F)(F)C(F)(F)C(F)(F)C(F)(F)C(F)(F)F.